The zero-order valence-electron chi connectivity index (χ0n) is 23.0. The minimum absolute atomic E-state index is 0.0301. The first kappa shape index (κ1) is 29.0. The SMILES string of the molecule is CN1CCN(c2cccc(C(CO)NC(=O)CN3Cc4ccc(-c5nc(/N=C(/N)C=N)ncc5Cl)cc4C3=O)n2)CC1. The molecule has 0 bridgehead atoms. The highest BCUT2D eigenvalue weighted by Gasteiger charge is 2.30. The molecule has 0 aliphatic carbocycles. The molecule has 13 nitrogen and oxygen atoms in total. The molecule has 2 aliphatic rings. The number of amides is 2. The van der Waals surface area contributed by atoms with E-state index in [2.05, 4.69) is 37.1 Å². The summed E-state index contributed by atoms with van der Waals surface area (Å²) in [4.78, 5) is 49.1. The number of fused-ring (bicyclic) bond motifs is 1. The molecule has 1 unspecified atom stereocenters. The number of carbonyl (C=O) groups is 2. The topological polar surface area (TPSA) is 177 Å². The summed E-state index contributed by atoms with van der Waals surface area (Å²) in [7, 11) is 2.08. The maximum atomic E-state index is 13.3. The number of aliphatic imine (C=N–C) groups is 1. The van der Waals surface area contributed by atoms with Gasteiger partial charge in [-0.25, -0.2) is 15.0 Å². The molecule has 1 fully saturated rings. The standard InChI is InChI=1S/C28H31ClN10O3/c1-37-7-9-38(10-8-37)24-4-2-3-21(33-24)22(16-40)34-25(41)15-39-14-18-6-5-17(11-19(18)27(39)42)26-20(29)13-32-28(36-26)35-23(31)12-30/h2-6,11-13,22,30,40H,7-10,14-16H2,1H3,(H,34,41)(H2,31,32,35,36). The third kappa shape index (κ3) is 6.38. The number of pyridine rings is 1. The predicted molar refractivity (Wildman–Crippen MR) is 159 cm³/mol. The lowest BCUT2D eigenvalue weighted by Crippen LogP contribution is -2.45. The smallest absolute Gasteiger partial charge is 0.254 e. The number of likely N-dealkylation sites (N-methyl/N-ethyl adjacent to an activating group) is 1. The van der Waals surface area contributed by atoms with Crippen LogP contribution in [-0.2, 0) is 11.3 Å². The number of nitrogens with one attached hydrogen (secondary N) is 2. The van der Waals surface area contributed by atoms with Crippen molar-refractivity contribution in [3.05, 3.63) is 64.4 Å². The van der Waals surface area contributed by atoms with E-state index in [0.29, 0.717) is 22.5 Å². The molecule has 4 heterocycles. The van der Waals surface area contributed by atoms with Gasteiger partial charge in [0.1, 0.15) is 18.2 Å². The number of nitrogens with two attached hydrogens (primary N) is 1. The number of carbonyl (C=O) groups excluding carboxylic acids is 2. The van der Waals surface area contributed by atoms with E-state index in [-0.39, 0.29) is 42.4 Å². The van der Waals surface area contributed by atoms with Crippen molar-refractivity contribution in [3.63, 3.8) is 0 Å². The maximum absolute atomic E-state index is 13.3. The molecule has 1 atom stereocenters. The number of aromatic nitrogens is 3. The normalized spacial score (nSPS) is 16.4. The molecular weight excluding hydrogens is 560 g/mol. The zero-order chi connectivity index (χ0) is 29.8. The van der Waals surface area contributed by atoms with Crippen molar-refractivity contribution in [2.24, 2.45) is 10.7 Å². The molecule has 0 radical (unpaired) electrons. The summed E-state index contributed by atoms with van der Waals surface area (Å²) >= 11 is 6.33. The van der Waals surface area contributed by atoms with E-state index in [0.717, 1.165) is 43.8 Å². The van der Waals surface area contributed by atoms with Crippen LogP contribution >= 0.6 is 11.6 Å². The van der Waals surface area contributed by atoms with E-state index in [9.17, 15) is 14.7 Å². The fraction of sp³-hybridized carbons (Fsp3) is 0.321. The minimum atomic E-state index is -0.713. The molecule has 14 heteroatoms. The Hall–Kier alpha value is -4.46. The van der Waals surface area contributed by atoms with Crippen LogP contribution in [0, 0.1) is 5.41 Å². The first-order valence-electron chi connectivity index (χ1n) is 13.4. The fourth-order valence-electron chi connectivity index (χ4n) is 4.87. The molecule has 5 N–H and O–H groups in total. The van der Waals surface area contributed by atoms with Crippen molar-refractivity contribution in [2.75, 3.05) is 51.3 Å². The fourth-order valence-corrected chi connectivity index (χ4v) is 5.07. The molecule has 0 saturated carbocycles. The number of nitrogens with zero attached hydrogens (tertiary/aromatic N) is 7. The molecule has 1 aromatic carbocycles. The molecule has 1 saturated heterocycles. The van der Waals surface area contributed by atoms with E-state index in [1.165, 1.54) is 11.1 Å². The van der Waals surface area contributed by atoms with Crippen LogP contribution in [0.4, 0.5) is 11.8 Å². The number of halogens is 1. The van der Waals surface area contributed by atoms with Gasteiger partial charge in [0.25, 0.3) is 11.9 Å². The summed E-state index contributed by atoms with van der Waals surface area (Å²) < 4.78 is 0. The Morgan fingerprint density at radius 1 is 1.24 bits per heavy atom. The van der Waals surface area contributed by atoms with E-state index in [4.69, 9.17) is 27.7 Å². The van der Waals surface area contributed by atoms with Crippen molar-refractivity contribution in [1.29, 1.82) is 5.41 Å². The molecule has 2 aromatic heterocycles. The van der Waals surface area contributed by atoms with Crippen LogP contribution < -0.4 is 16.0 Å². The largest absolute Gasteiger partial charge is 0.394 e. The second-order valence-electron chi connectivity index (χ2n) is 10.1. The van der Waals surface area contributed by atoms with E-state index >= 15 is 0 Å². The second-order valence-corrected chi connectivity index (χ2v) is 10.5. The van der Waals surface area contributed by atoms with Gasteiger partial charge in [-0.3, -0.25) is 9.59 Å². The van der Waals surface area contributed by atoms with Gasteiger partial charge >= 0.3 is 0 Å². The Morgan fingerprint density at radius 3 is 2.76 bits per heavy atom. The number of anilines is 1. The van der Waals surface area contributed by atoms with E-state index in [1.807, 2.05) is 12.1 Å². The van der Waals surface area contributed by atoms with Gasteiger partial charge in [0, 0.05) is 43.9 Å². The Kier molecular flexibility index (Phi) is 8.71. The Labute approximate surface area is 247 Å². The van der Waals surface area contributed by atoms with Crippen molar-refractivity contribution < 1.29 is 14.7 Å². The number of aliphatic hydroxyl groups excluding tert-OH is 1. The summed E-state index contributed by atoms with van der Waals surface area (Å²) in [6, 6.07) is 10.1. The third-order valence-corrected chi connectivity index (χ3v) is 7.44. The number of piperazine rings is 1. The molecule has 5 rings (SSSR count). The monoisotopic (exact) mass is 590 g/mol. The lowest BCUT2D eigenvalue weighted by Gasteiger charge is -2.33. The van der Waals surface area contributed by atoms with Crippen LogP contribution in [0.15, 0.2) is 47.6 Å². The molecular formula is C28H31ClN10O3. The lowest BCUT2D eigenvalue weighted by atomic mass is 10.0. The minimum Gasteiger partial charge on any atom is -0.394 e. The van der Waals surface area contributed by atoms with E-state index in [1.54, 1.807) is 24.3 Å². The predicted octanol–water partition coefficient (Wildman–Crippen LogP) is 1.39. The highest BCUT2D eigenvalue weighted by atomic mass is 35.5. The number of hydrogen-bond donors (Lipinski definition) is 4. The Morgan fingerprint density at radius 2 is 2.02 bits per heavy atom. The Bertz CT molecular complexity index is 1540. The Balaban J connectivity index is 1.26. The summed E-state index contributed by atoms with van der Waals surface area (Å²) in [6.45, 7) is 3.30. The van der Waals surface area contributed by atoms with Crippen molar-refractivity contribution >= 4 is 47.2 Å². The van der Waals surface area contributed by atoms with Crippen molar-refractivity contribution in [1.82, 2.24) is 30.1 Å². The summed E-state index contributed by atoms with van der Waals surface area (Å²) in [5, 5.41) is 20.3. The lowest BCUT2D eigenvalue weighted by molar-refractivity contribution is -0.122. The first-order valence-corrected chi connectivity index (χ1v) is 13.7. The number of aliphatic hydroxyl groups is 1. The summed E-state index contributed by atoms with van der Waals surface area (Å²) in [6.07, 6.45) is 2.25. The number of benzene rings is 1. The molecule has 3 aromatic rings. The average molecular weight is 591 g/mol. The van der Waals surface area contributed by atoms with Gasteiger partial charge in [0.05, 0.1) is 41.5 Å². The highest BCUT2D eigenvalue weighted by Crippen LogP contribution is 2.32. The quantitative estimate of drug-likeness (QED) is 0.212. The zero-order valence-corrected chi connectivity index (χ0v) is 23.8. The second kappa shape index (κ2) is 12.6. The van der Waals surface area contributed by atoms with E-state index < -0.39 is 11.9 Å². The van der Waals surface area contributed by atoms with Crippen LogP contribution in [0.25, 0.3) is 11.3 Å². The van der Waals surface area contributed by atoms with Crippen LogP contribution in [0.2, 0.25) is 5.02 Å². The number of hydrogen-bond acceptors (Lipinski definition) is 10. The van der Waals surface area contributed by atoms with Gasteiger partial charge in [-0.05, 0) is 30.8 Å². The van der Waals surface area contributed by atoms with Crippen LogP contribution in [-0.4, -0.2) is 100 Å². The highest BCUT2D eigenvalue weighted by molar-refractivity contribution is 6.33. The van der Waals surface area contributed by atoms with Crippen LogP contribution in [0.3, 0.4) is 0 Å². The summed E-state index contributed by atoms with van der Waals surface area (Å²) in [5.74, 6) is 0.0440. The number of rotatable bonds is 9. The maximum Gasteiger partial charge on any atom is 0.254 e. The van der Waals surface area contributed by atoms with Crippen molar-refractivity contribution in [2.45, 2.75) is 12.6 Å². The molecule has 2 amide bonds. The van der Waals surface area contributed by atoms with Gasteiger partial charge in [0.2, 0.25) is 5.91 Å². The average Bonchev–Trinajstić information content (AvgIpc) is 3.31. The van der Waals surface area contributed by atoms with Gasteiger partial charge in [-0.1, -0.05) is 29.8 Å². The van der Waals surface area contributed by atoms with Gasteiger partial charge in [-0.2, -0.15) is 4.99 Å². The molecule has 218 valence electrons. The van der Waals surface area contributed by atoms with Crippen molar-refractivity contribution in [3.8, 4) is 11.3 Å². The molecule has 2 aliphatic heterocycles. The van der Waals surface area contributed by atoms with Gasteiger partial charge in [0.15, 0.2) is 0 Å². The van der Waals surface area contributed by atoms with Crippen LogP contribution in [0.5, 0.6) is 0 Å². The van der Waals surface area contributed by atoms with Gasteiger partial charge in [-0.15, -0.1) is 0 Å². The molecule has 0 spiro atoms. The van der Waals surface area contributed by atoms with Gasteiger partial charge < -0.3 is 36.3 Å². The number of amidine groups is 1. The summed E-state index contributed by atoms with van der Waals surface area (Å²) in [5.41, 5.74) is 8.24. The third-order valence-electron chi connectivity index (χ3n) is 7.16. The molecule has 42 heavy (non-hydrogen) atoms. The first-order chi connectivity index (χ1) is 20.2. The van der Waals surface area contributed by atoms with Crippen LogP contribution in [0.1, 0.15) is 27.7 Å².